The molecule has 0 amide bonds. The largest absolute Gasteiger partial charge is 0.497 e. The fraction of sp³-hybridized carbons (Fsp3) is 0.318. The summed E-state index contributed by atoms with van der Waals surface area (Å²) in [7, 11) is 1.70. The maximum absolute atomic E-state index is 8.36. The van der Waals surface area contributed by atoms with Gasteiger partial charge in [-0.1, -0.05) is 12.1 Å². The molecule has 0 bridgehead atoms. The Balaban J connectivity index is 0.000000437. The second-order valence-corrected chi connectivity index (χ2v) is 7.26. The van der Waals surface area contributed by atoms with Gasteiger partial charge in [-0.05, 0) is 30.5 Å². The van der Waals surface area contributed by atoms with Crippen LogP contribution in [0.4, 0.5) is 5.82 Å². The molecule has 3 N–H and O–H groups in total. The van der Waals surface area contributed by atoms with Gasteiger partial charge in [0.15, 0.2) is 0 Å². The number of ether oxygens (including phenoxy) is 1. The second kappa shape index (κ2) is 10.9. The van der Waals surface area contributed by atoms with Crippen LogP contribution in [0.5, 0.6) is 5.75 Å². The average Bonchev–Trinajstić information content (AvgIpc) is 3.57. The molecule has 3 aromatic rings. The molecule has 1 aliphatic heterocycles. The van der Waals surface area contributed by atoms with Gasteiger partial charge in [-0.3, -0.25) is 9.59 Å². The number of nitrogens with one attached hydrogen (secondary N) is 1. The van der Waals surface area contributed by atoms with E-state index in [4.69, 9.17) is 24.5 Å². The lowest BCUT2D eigenvalue weighted by Crippen LogP contribution is -2.35. The van der Waals surface area contributed by atoms with Gasteiger partial charge < -0.3 is 24.8 Å². The molecule has 5 rings (SSSR count). The van der Waals surface area contributed by atoms with Crippen molar-refractivity contribution in [1.82, 2.24) is 19.9 Å². The molecule has 2 aliphatic rings. The van der Waals surface area contributed by atoms with Gasteiger partial charge in [-0.25, -0.2) is 15.0 Å². The van der Waals surface area contributed by atoms with Crippen molar-refractivity contribution in [3.05, 3.63) is 65.6 Å². The van der Waals surface area contributed by atoms with Gasteiger partial charge in [0.05, 0.1) is 31.4 Å². The van der Waals surface area contributed by atoms with Gasteiger partial charge in [0.25, 0.3) is 12.9 Å². The number of rotatable bonds is 4. The molecule has 1 saturated carbocycles. The summed E-state index contributed by atoms with van der Waals surface area (Å²) in [6.07, 6.45) is 5.98. The molecule has 1 aliphatic carbocycles. The van der Waals surface area contributed by atoms with Gasteiger partial charge in [0.2, 0.25) is 0 Å². The first kappa shape index (κ1) is 22.7. The van der Waals surface area contributed by atoms with Crippen molar-refractivity contribution in [3.63, 3.8) is 0 Å². The van der Waals surface area contributed by atoms with Crippen molar-refractivity contribution >= 4 is 18.8 Å². The summed E-state index contributed by atoms with van der Waals surface area (Å²) >= 11 is 0. The lowest BCUT2D eigenvalue weighted by molar-refractivity contribution is -0.123. The number of imidazole rings is 1. The highest BCUT2D eigenvalue weighted by Gasteiger charge is 2.31. The van der Waals surface area contributed by atoms with Gasteiger partial charge >= 0.3 is 0 Å². The zero-order chi connectivity index (χ0) is 22.9. The molecular weight excluding hydrogens is 414 g/mol. The second-order valence-electron chi connectivity index (χ2n) is 7.26. The Kier molecular flexibility index (Phi) is 7.74. The fourth-order valence-electron chi connectivity index (χ4n) is 3.75. The summed E-state index contributed by atoms with van der Waals surface area (Å²) in [4.78, 5) is 36.0. The molecule has 168 valence electrons. The highest BCUT2D eigenvalue weighted by atomic mass is 16.5. The van der Waals surface area contributed by atoms with E-state index < -0.39 is 0 Å². The number of carboxylic acid groups (broad SMARTS) is 2. The molecular formula is C22H25N5O5. The SMILES string of the molecule is COc1cccc(C2CN(c3cc(C4CC4)ncn3)Cc3[nH]cnc32)c1.O=CO.O=CO. The zero-order valence-electron chi connectivity index (χ0n) is 17.6. The molecule has 10 heteroatoms. The van der Waals surface area contributed by atoms with Gasteiger partial charge in [0.1, 0.15) is 17.9 Å². The third-order valence-corrected chi connectivity index (χ3v) is 5.32. The predicted molar refractivity (Wildman–Crippen MR) is 116 cm³/mol. The lowest BCUT2D eigenvalue weighted by Gasteiger charge is -2.33. The first-order valence-electron chi connectivity index (χ1n) is 10.0. The van der Waals surface area contributed by atoms with Crippen molar-refractivity contribution in [1.29, 1.82) is 0 Å². The smallest absolute Gasteiger partial charge is 0.290 e. The number of methoxy groups -OCH3 is 1. The van der Waals surface area contributed by atoms with E-state index in [1.165, 1.54) is 24.1 Å². The van der Waals surface area contributed by atoms with E-state index >= 15 is 0 Å². The third-order valence-electron chi connectivity index (χ3n) is 5.32. The summed E-state index contributed by atoms with van der Waals surface area (Å²) in [5.74, 6) is 2.67. The van der Waals surface area contributed by atoms with Crippen LogP contribution >= 0.6 is 0 Å². The topological polar surface area (TPSA) is 142 Å². The standard InChI is InChI=1S/C20H21N5O.2CH2O2/c1-26-15-4-2-3-14(7-15)16-9-25(10-18-20(16)24-12-22-18)19-8-17(13-5-6-13)21-11-23-19;2*2-1-3/h2-4,7-8,11-13,16H,5-6,9-10H2,1H3,(H,22,24);2*1H,(H,2,3). The number of benzene rings is 1. The molecule has 1 fully saturated rings. The van der Waals surface area contributed by atoms with Crippen LogP contribution in [0, 0.1) is 0 Å². The summed E-state index contributed by atoms with van der Waals surface area (Å²) in [5, 5.41) is 13.8. The molecule has 0 saturated heterocycles. The van der Waals surface area contributed by atoms with Crippen molar-refractivity contribution in [2.75, 3.05) is 18.6 Å². The molecule has 0 radical (unpaired) electrons. The minimum atomic E-state index is -0.250. The highest BCUT2D eigenvalue weighted by Crippen LogP contribution is 2.40. The Labute approximate surface area is 184 Å². The Morgan fingerprint density at radius 1 is 1.12 bits per heavy atom. The number of aromatic amines is 1. The summed E-state index contributed by atoms with van der Waals surface area (Å²) in [6, 6.07) is 10.4. The third kappa shape index (κ3) is 5.39. The average molecular weight is 439 g/mol. The number of aromatic nitrogens is 4. The summed E-state index contributed by atoms with van der Waals surface area (Å²) < 4.78 is 5.41. The van der Waals surface area contributed by atoms with E-state index in [-0.39, 0.29) is 18.9 Å². The van der Waals surface area contributed by atoms with Crippen LogP contribution in [0.15, 0.2) is 43.0 Å². The van der Waals surface area contributed by atoms with E-state index in [0.717, 1.165) is 36.0 Å². The molecule has 3 heterocycles. The molecule has 10 nitrogen and oxygen atoms in total. The van der Waals surface area contributed by atoms with E-state index in [0.29, 0.717) is 5.92 Å². The van der Waals surface area contributed by atoms with Gasteiger partial charge in [-0.15, -0.1) is 0 Å². The molecule has 2 aromatic heterocycles. The van der Waals surface area contributed by atoms with E-state index in [2.05, 4.69) is 43.0 Å². The monoisotopic (exact) mass is 439 g/mol. The van der Waals surface area contributed by atoms with Crippen LogP contribution in [0.3, 0.4) is 0 Å². The number of anilines is 1. The van der Waals surface area contributed by atoms with Gasteiger partial charge in [-0.2, -0.15) is 0 Å². The molecule has 1 aromatic carbocycles. The van der Waals surface area contributed by atoms with Crippen LogP contribution in [0.2, 0.25) is 0 Å². The van der Waals surface area contributed by atoms with E-state index in [1.807, 2.05) is 12.1 Å². The van der Waals surface area contributed by atoms with E-state index in [1.54, 1.807) is 19.8 Å². The number of nitrogens with zero attached hydrogens (tertiary/aromatic N) is 4. The van der Waals surface area contributed by atoms with Crippen LogP contribution in [-0.2, 0) is 16.1 Å². The van der Waals surface area contributed by atoms with Crippen molar-refractivity contribution < 1.29 is 24.5 Å². The number of hydrogen-bond acceptors (Lipinski definition) is 7. The Morgan fingerprint density at radius 2 is 1.88 bits per heavy atom. The summed E-state index contributed by atoms with van der Waals surface area (Å²) in [5.41, 5.74) is 4.64. The first-order chi connectivity index (χ1) is 15.6. The lowest BCUT2D eigenvalue weighted by atomic mass is 9.90. The quantitative estimate of drug-likeness (QED) is 0.523. The van der Waals surface area contributed by atoms with Crippen molar-refractivity contribution in [3.8, 4) is 5.75 Å². The molecule has 1 unspecified atom stereocenters. The Hall–Kier alpha value is -3.95. The fourth-order valence-corrected chi connectivity index (χ4v) is 3.75. The summed E-state index contributed by atoms with van der Waals surface area (Å²) in [6.45, 7) is 1.13. The highest BCUT2D eigenvalue weighted by molar-refractivity contribution is 5.47. The van der Waals surface area contributed by atoms with Crippen molar-refractivity contribution in [2.45, 2.75) is 31.2 Å². The number of H-pyrrole nitrogens is 1. The van der Waals surface area contributed by atoms with E-state index in [9.17, 15) is 0 Å². The van der Waals surface area contributed by atoms with Crippen LogP contribution in [0.25, 0.3) is 0 Å². The van der Waals surface area contributed by atoms with Crippen LogP contribution < -0.4 is 9.64 Å². The van der Waals surface area contributed by atoms with Gasteiger partial charge in [0, 0.05) is 30.1 Å². The van der Waals surface area contributed by atoms with Crippen LogP contribution in [-0.4, -0.2) is 56.7 Å². The normalized spacial score (nSPS) is 16.4. The maximum Gasteiger partial charge on any atom is 0.290 e. The minimum absolute atomic E-state index is 0.180. The maximum atomic E-state index is 8.36. The number of fused-ring (bicyclic) bond motifs is 1. The van der Waals surface area contributed by atoms with Crippen LogP contribution in [0.1, 0.15) is 47.3 Å². The Morgan fingerprint density at radius 3 is 2.56 bits per heavy atom. The van der Waals surface area contributed by atoms with Crippen molar-refractivity contribution in [2.24, 2.45) is 0 Å². The Bertz CT molecular complexity index is 1030. The first-order valence-corrected chi connectivity index (χ1v) is 10.0. The molecule has 32 heavy (non-hydrogen) atoms. The minimum Gasteiger partial charge on any atom is -0.497 e. The zero-order valence-corrected chi connectivity index (χ0v) is 17.6. The predicted octanol–water partition coefficient (Wildman–Crippen LogP) is 2.64. The molecule has 0 spiro atoms. The molecule has 1 atom stereocenters. The number of carbonyl (C=O) groups is 2. The number of hydrogen-bond donors (Lipinski definition) is 3.